The van der Waals surface area contributed by atoms with E-state index in [-0.39, 0.29) is 18.2 Å². The number of amides is 4. The van der Waals surface area contributed by atoms with Crippen LogP contribution in [0.25, 0.3) is 11.1 Å². The highest BCUT2D eigenvalue weighted by Crippen LogP contribution is 2.27. The number of nitrogens with one attached hydrogen (secondary N) is 1. The zero-order valence-electron chi connectivity index (χ0n) is 15.8. The zero-order chi connectivity index (χ0) is 19.7. The predicted octanol–water partition coefficient (Wildman–Crippen LogP) is 2.59. The van der Waals surface area contributed by atoms with Crippen molar-refractivity contribution in [3.63, 3.8) is 0 Å². The number of likely N-dealkylation sites (N-methyl/N-ethyl adjacent to an activating group) is 2. The van der Waals surface area contributed by atoms with Crippen molar-refractivity contribution in [3.8, 4) is 11.1 Å². The third-order valence-corrected chi connectivity index (χ3v) is 4.92. The van der Waals surface area contributed by atoms with Gasteiger partial charge in [-0.3, -0.25) is 14.5 Å². The maximum Gasteiger partial charge on any atom is 0.326 e. The topological polar surface area (TPSA) is 82.6 Å². The van der Waals surface area contributed by atoms with Crippen LogP contribution in [0.2, 0.25) is 0 Å². The van der Waals surface area contributed by atoms with Gasteiger partial charge in [0.15, 0.2) is 0 Å². The number of anilines is 1. The Morgan fingerprint density at radius 2 is 1.81 bits per heavy atom. The van der Waals surface area contributed by atoms with E-state index in [0.29, 0.717) is 5.82 Å². The van der Waals surface area contributed by atoms with Crippen LogP contribution in [0, 0.1) is 13.8 Å². The van der Waals surface area contributed by atoms with Crippen LogP contribution in [0.5, 0.6) is 0 Å². The van der Waals surface area contributed by atoms with Crippen molar-refractivity contribution in [2.45, 2.75) is 26.3 Å². The molecule has 1 saturated heterocycles. The van der Waals surface area contributed by atoms with Crippen LogP contribution in [-0.4, -0.2) is 52.8 Å². The Morgan fingerprint density at radius 3 is 2.41 bits per heavy atom. The lowest BCUT2D eigenvalue weighted by Gasteiger charge is -2.16. The average molecular weight is 366 g/mol. The molecule has 140 valence electrons. The van der Waals surface area contributed by atoms with E-state index in [0.717, 1.165) is 27.3 Å². The van der Waals surface area contributed by atoms with Crippen LogP contribution in [0.1, 0.15) is 17.7 Å². The first-order valence-electron chi connectivity index (χ1n) is 8.67. The molecule has 1 atom stereocenters. The highest BCUT2D eigenvalue weighted by molar-refractivity contribution is 6.06. The number of rotatable bonds is 4. The number of hydrogen-bond acceptors (Lipinski definition) is 4. The Kier molecular flexibility index (Phi) is 4.94. The molecule has 0 aliphatic carbocycles. The second-order valence-electron chi connectivity index (χ2n) is 6.69. The summed E-state index contributed by atoms with van der Waals surface area (Å²) in [7, 11) is 2.93. The van der Waals surface area contributed by atoms with Crippen LogP contribution in [0.3, 0.4) is 0 Å². The molecule has 1 aromatic heterocycles. The molecule has 1 unspecified atom stereocenters. The Labute approximate surface area is 158 Å². The summed E-state index contributed by atoms with van der Waals surface area (Å²) in [4.78, 5) is 43.2. The fraction of sp³-hybridized carbons (Fsp3) is 0.300. The number of hydrogen-bond donors (Lipinski definition) is 1. The summed E-state index contributed by atoms with van der Waals surface area (Å²) in [5.74, 6) is -0.316. The lowest BCUT2D eigenvalue weighted by Crippen LogP contribution is -2.35. The molecule has 2 aromatic rings. The molecule has 4 amide bonds. The predicted molar refractivity (Wildman–Crippen MR) is 102 cm³/mol. The molecule has 1 aliphatic heterocycles. The van der Waals surface area contributed by atoms with Gasteiger partial charge in [0.05, 0.1) is 6.42 Å². The van der Waals surface area contributed by atoms with E-state index in [2.05, 4.69) is 10.3 Å². The van der Waals surface area contributed by atoms with Crippen molar-refractivity contribution in [1.29, 1.82) is 0 Å². The molecular formula is C20H22N4O3. The molecule has 0 saturated carbocycles. The monoisotopic (exact) mass is 366 g/mol. The molecule has 27 heavy (non-hydrogen) atoms. The third kappa shape index (κ3) is 3.53. The number of urea groups is 1. The van der Waals surface area contributed by atoms with Gasteiger partial charge >= 0.3 is 6.03 Å². The maximum absolute atomic E-state index is 12.5. The van der Waals surface area contributed by atoms with Crippen LogP contribution in [0.15, 0.2) is 36.4 Å². The Balaban J connectivity index is 1.80. The second kappa shape index (κ2) is 7.19. The molecule has 1 aromatic carbocycles. The lowest BCUT2D eigenvalue weighted by molar-refractivity contribution is -0.129. The molecule has 0 spiro atoms. The second-order valence-corrected chi connectivity index (χ2v) is 6.69. The number of pyridine rings is 1. The largest absolute Gasteiger partial charge is 0.326 e. The fourth-order valence-corrected chi connectivity index (χ4v) is 3.17. The molecule has 1 aliphatic rings. The summed E-state index contributed by atoms with van der Waals surface area (Å²) in [5, 5.41) is 2.76. The number of aromatic nitrogens is 1. The minimum atomic E-state index is -0.789. The average Bonchev–Trinajstić information content (AvgIpc) is 2.83. The number of carbonyl (C=O) groups is 3. The van der Waals surface area contributed by atoms with E-state index in [4.69, 9.17) is 0 Å². The first kappa shape index (κ1) is 18.6. The maximum atomic E-state index is 12.5. The Hall–Kier alpha value is -3.22. The molecule has 1 fully saturated rings. The number of aryl methyl sites for hydroxylation is 1. The fourth-order valence-electron chi connectivity index (χ4n) is 3.17. The zero-order valence-corrected chi connectivity index (χ0v) is 15.8. The SMILES string of the molecule is Cc1nc(NC(=O)CC2C(=O)N(C)C(=O)N2C)cc(-c2ccccc2)c1C. The van der Waals surface area contributed by atoms with Crippen LogP contribution >= 0.6 is 0 Å². The summed E-state index contributed by atoms with van der Waals surface area (Å²) in [6.07, 6.45) is -0.110. The van der Waals surface area contributed by atoms with Gasteiger partial charge in [-0.1, -0.05) is 30.3 Å². The van der Waals surface area contributed by atoms with Gasteiger partial charge in [-0.25, -0.2) is 9.78 Å². The number of nitrogens with zero attached hydrogens (tertiary/aromatic N) is 3. The summed E-state index contributed by atoms with van der Waals surface area (Å²) in [6.45, 7) is 3.88. The number of carbonyl (C=O) groups excluding carboxylic acids is 3. The quantitative estimate of drug-likeness (QED) is 0.843. The molecule has 1 N–H and O–H groups in total. The Bertz CT molecular complexity index is 911. The molecule has 7 heteroatoms. The summed E-state index contributed by atoms with van der Waals surface area (Å²) >= 11 is 0. The van der Waals surface area contributed by atoms with Gasteiger partial charge < -0.3 is 10.2 Å². The highest BCUT2D eigenvalue weighted by atomic mass is 16.2. The molecule has 3 rings (SSSR count). The van der Waals surface area contributed by atoms with Gasteiger partial charge in [0.2, 0.25) is 5.91 Å². The molecular weight excluding hydrogens is 344 g/mol. The summed E-state index contributed by atoms with van der Waals surface area (Å²) in [5.41, 5.74) is 3.88. The van der Waals surface area contributed by atoms with E-state index in [9.17, 15) is 14.4 Å². The Morgan fingerprint density at radius 1 is 1.15 bits per heavy atom. The van der Waals surface area contributed by atoms with Crippen molar-refractivity contribution < 1.29 is 14.4 Å². The van der Waals surface area contributed by atoms with Gasteiger partial charge in [-0.05, 0) is 36.6 Å². The van der Waals surface area contributed by atoms with Crippen molar-refractivity contribution in [3.05, 3.63) is 47.7 Å². The summed E-state index contributed by atoms with van der Waals surface area (Å²) < 4.78 is 0. The smallest absolute Gasteiger partial charge is 0.315 e. The standard InChI is InChI=1S/C20H22N4O3/c1-12-13(2)21-17(10-15(12)14-8-6-5-7-9-14)22-18(25)11-16-19(26)24(4)20(27)23(16)3/h5-10,16H,11H2,1-4H3,(H,21,22,25). The van der Waals surface area contributed by atoms with E-state index >= 15 is 0 Å². The van der Waals surface area contributed by atoms with E-state index in [1.54, 1.807) is 0 Å². The summed E-state index contributed by atoms with van der Waals surface area (Å²) in [6, 6.07) is 10.5. The van der Waals surface area contributed by atoms with Gasteiger partial charge in [0.25, 0.3) is 5.91 Å². The molecule has 7 nitrogen and oxygen atoms in total. The third-order valence-electron chi connectivity index (χ3n) is 4.92. The normalized spacial score (nSPS) is 16.8. The van der Waals surface area contributed by atoms with Crippen molar-refractivity contribution in [2.75, 3.05) is 19.4 Å². The van der Waals surface area contributed by atoms with Gasteiger partial charge in [0.1, 0.15) is 11.9 Å². The van der Waals surface area contributed by atoms with Gasteiger partial charge in [-0.2, -0.15) is 0 Å². The molecule has 2 heterocycles. The first-order chi connectivity index (χ1) is 12.8. The van der Waals surface area contributed by atoms with E-state index < -0.39 is 12.1 Å². The molecule has 0 bridgehead atoms. The minimum Gasteiger partial charge on any atom is -0.315 e. The van der Waals surface area contributed by atoms with E-state index in [1.807, 2.05) is 50.2 Å². The number of benzene rings is 1. The highest BCUT2D eigenvalue weighted by Gasteiger charge is 2.41. The minimum absolute atomic E-state index is 0.110. The van der Waals surface area contributed by atoms with Crippen molar-refractivity contribution >= 4 is 23.7 Å². The van der Waals surface area contributed by atoms with Gasteiger partial charge in [-0.15, -0.1) is 0 Å². The van der Waals surface area contributed by atoms with E-state index in [1.165, 1.54) is 19.0 Å². The lowest BCUT2D eigenvalue weighted by atomic mass is 10.00. The molecule has 0 radical (unpaired) electrons. The van der Waals surface area contributed by atoms with Crippen molar-refractivity contribution in [2.24, 2.45) is 0 Å². The van der Waals surface area contributed by atoms with Crippen LogP contribution in [-0.2, 0) is 9.59 Å². The van der Waals surface area contributed by atoms with Gasteiger partial charge in [0, 0.05) is 19.8 Å². The van der Waals surface area contributed by atoms with Crippen LogP contribution < -0.4 is 5.32 Å². The van der Waals surface area contributed by atoms with Crippen molar-refractivity contribution in [1.82, 2.24) is 14.8 Å². The van der Waals surface area contributed by atoms with Crippen LogP contribution in [0.4, 0.5) is 10.6 Å². The number of imide groups is 1. The first-order valence-corrected chi connectivity index (χ1v) is 8.67.